The number of amides is 1. The lowest BCUT2D eigenvalue weighted by molar-refractivity contribution is 0.0949. The fourth-order valence-corrected chi connectivity index (χ4v) is 2.90. The van der Waals surface area contributed by atoms with Gasteiger partial charge in [-0.2, -0.15) is 0 Å². The number of carbonyl (C=O) groups is 1. The van der Waals surface area contributed by atoms with Crippen LogP contribution < -0.4 is 10.2 Å². The predicted octanol–water partition coefficient (Wildman–Crippen LogP) is 3.92. The maximum absolute atomic E-state index is 12.5. The van der Waals surface area contributed by atoms with E-state index >= 15 is 0 Å². The van der Waals surface area contributed by atoms with Gasteiger partial charge in [0.25, 0.3) is 5.91 Å². The summed E-state index contributed by atoms with van der Waals surface area (Å²) in [4.78, 5) is 23.3. The molecule has 0 saturated heterocycles. The van der Waals surface area contributed by atoms with Crippen LogP contribution in [0.15, 0.2) is 66.9 Å². The van der Waals surface area contributed by atoms with E-state index in [-0.39, 0.29) is 5.91 Å². The van der Waals surface area contributed by atoms with Gasteiger partial charge in [-0.25, -0.2) is 9.97 Å². The summed E-state index contributed by atoms with van der Waals surface area (Å²) in [5.74, 6) is 0.341. The Balaban J connectivity index is 1.69. The van der Waals surface area contributed by atoms with E-state index in [1.807, 2.05) is 42.2 Å². The van der Waals surface area contributed by atoms with Crippen LogP contribution in [0.2, 0.25) is 0 Å². The van der Waals surface area contributed by atoms with Crippen molar-refractivity contribution >= 4 is 17.5 Å². The molecule has 0 aliphatic heterocycles. The fourth-order valence-electron chi connectivity index (χ4n) is 2.90. The van der Waals surface area contributed by atoms with E-state index in [0.29, 0.717) is 24.7 Å². The molecule has 1 amide bonds. The standard InChI is InChI=1S/C22H24N4O/c1-3-26(19-11-7-8-17(2)16-19)22-24-15-13-20(25-22)21(27)23-14-12-18-9-5-4-6-10-18/h4-11,13,15-16H,3,12,14H2,1-2H3,(H,23,27). The van der Waals surface area contributed by atoms with Crippen molar-refractivity contribution in [3.05, 3.63) is 83.7 Å². The molecule has 0 aliphatic carbocycles. The lowest BCUT2D eigenvalue weighted by Gasteiger charge is -2.21. The average molecular weight is 360 g/mol. The molecule has 5 heteroatoms. The average Bonchev–Trinajstić information content (AvgIpc) is 2.70. The molecule has 1 heterocycles. The molecule has 3 aromatic rings. The summed E-state index contributed by atoms with van der Waals surface area (Å²) in [6.07, 6.45) is 2.42. The Morgan fingerprint density at radius 3 is 2.63 bits per heavy atom. The quantitative estimate of drug-likeness (QED) is 0.694. The molecule has 5 nitrogen and oxygen atoms in total. The van der Waals surface area contributed by atoms with Crippen molar-refractivity contribution in [2.24, 2.45) is 0 Å². The van der Waals surface area contributed by atoms with Crippen LogP contribution in [0.1, 0.15) is 28.5 Å². The van der Waals surface area contributed by atoms with Crippen LogP contribution in [-0.2, 0) is 6.42 Å². The maximum atomic E-state index is 12.5. The molecule has 0 aliphatic rings. The molecule has 0 atom stereocenters. The molecule has 1 N–H and O–H groups in total. The molecular weight excluding hydrogens is 336 g/mol. The molecule has 0 unspecified atom stereocenters. The maximum Gasteiger partial charge on any atom is 0.270 e. The number of anilines is 2. The Morgan fingerprint density at radius 1 is 1.07 bits per heavy atom. The fraction of sp³-hybridized carbons (Fsp3) is 0.227. The highest BCUT2D eigenvalue weighted by Crippen LogP contribution is 2.22. The van der Waals surface area contributed by atoms with Crippen LogP contribution in [0.25, 0.3) is 0 Å². The summed E-state index contributed by atoms with van der Waals surface area (Å²) in [7, 11) is 0. The number of nitrogens with one attached hydrogen (secondary N) is 1. The number of carbonyl (C=O) groups excluding carboxylic acids is 1. The Labute approximate surface area is 160 Å². The third-order valence-corrected chi connectivity index (χ3v) is 4.29. The summed E-state index contributed by atoms with van der Waals surface area (Å²) < 4.78 is 0. The van der Waals surface area contributed by atoms with Gasteiger partial charge in [-0.1, -0.05) is 42.5 Å². The lowest BCUT2D eigenvalue weighted by atomic mass is 10.1. The van der Waals surface area contributed by atoms with E-state index in [4.69, 9.17) is 0 Å². The predicted molar refractivity (Wildman–Crippen MR) is 108 cm³/mol. The van der Waals surface area contributed by atoms with E-state index in [1.165, 1.54) is 11.1 Å². The third kappa shape index (κ3) is 4.91. The Morgan fingerprint density at radius 2 is 1.89 bits per heavy atom. The first kappa shape index (κ1) is 18.6. The Hall–Kier alpha value is -3.21. The molecule has 3 rings (SSSR count). The molecule has 0 spiro atoms. The molecule has 2 aromatic carbocycles. The number of hydrogen-bond donors (Lipinski definition) is 1. The van der Waals surface area contributed by atoms with Gasteiger partial charge in [0.2, 0.25) is 5.95 Å². The topological polar surface area (TPSA) is 58.1 Å². The van der Waals surface area contributed by atoms with Crippen molar-refractivity contribution < 1.29 is 4.79 Å². The highest BCUT2D eigenvalue weighted by Gasteiger charge is 2.14. The molecule has 0 radical (unpaired) electrons. The largest absolute Gasteiger partial charge is 0.350 e. The van der Waals surface area contributed by atoms with Crippen LogP contribution in [0.3, 0.4) is 0 Å². The molecule has 0 bridgehead atoms. The van der Waals surface area contributed by atoms with Crippen LogP contribution in [-0.4, -0.2) is 29.0 Å². The second kappa shape index (κ2) is 8.94. The zero-order valence-electron chi connectivity index (χ0n) is 15.7. The van der Waals surface area contributed by atoms with E-state index in [1.54, 1.807) is 12.3 Å². The second-order valence-electron chi connectivity index (χ2n) is 6.32. The van der Waals surface area contributed by atoms with E-state index < -0.39 is 0 Å². The van der Waals surface area contributed by atoms with E-state index in [2.05, 4.69) is 46.5 Å². The van der Waals surface area contributed by atoms with Gasteiger partial charge in [0.1, 0.15) is 5.69 Å². The van der Waals surface area contributed by atoms with Gasteiger partial charge in [-0.15, -0.1) is 0 Å². The number of hydrogen-bond acceptors (Lipinski definition) is 4. The van der Waals surface area contributed by atoms with Gasteiger partial charge >= 0.3 is 0 Å². The summed E-state index contributed by atoms with van der Waals surface area (Å²) in [6.45, 7) is 5.37. The van der Waals surface area contributed by atoms with E-state index in [0.717, 1.165) is 12.1 Å². The minimum absolute atomic E-state index is 0.185. The van der Waals surface area contributed by atoms with Crippen LogP contribution in [0.4, 0.5) is 11.6 Å². The van der Waals surface area contributed by atoms with Gasteiger partial charge in [-0.3, -0.25) is 4.79 Å². The number of nitrogens with zero attached hydrogens (tertiary/aromatic N) is 3. The van der Waals surface area contributed by atoms with Crippen molar-refractivity contribution in [2.45, 2.75) is 20.3 Å². The number of benzene rings is 2. The zero-order chi connectivity index (χ0) is 19.1. The first-order chi connectivity index (χ1) is 13.2. The first-order valence-corrected chi connectivity index (χ1v) is 9.16. The van der Waals surface area contributed by atoms with Crippen molar-refractivity contribution in [2.75, 3.05) is 18.0 Å². The SMILES string of the molecule is CCN(c1cccc(C)c1)c1nccc(C(=O)NCCc2ccccc2)n1. The van der Waals surface area contributed by atoms with Gasteiger partial charge in [-0.05, 0) is 49.6 Å². The van der Waals surface area contributed by atoms with E-state index in [9.17, 15) is 4.79 Å². The summed E-state index contributed by atoms with van der Waals surface area (Å²) in [5.41, 5.74) is 3.75. The zero-order valence-corrected chi connectivity index (χ0v) is 15.7. The first-order valence-electron chi connectivity index (χ1n) is 9.16. The normalized spacial score (nSPS) is 10.4. The molecule has 138 valence electrons. The highest BCUT2D eigenvalue weighted by atomic mass is 16.1. The Kier molecular flexibility index (Phi) is 6.15. The van der Waals surface area contributed by atoms with Crippen LogP contribution in [0, 0.1) is 6.92 Å². The van der Waals surface area contributed by atoms with Crippen molar-refractivity contribution in [1.29, 1.82) is 0 Å². The Bertz CT molecular complexity index is 896. The van der Waals surface area contributed by atoms with Gasteiger partial charge in [0.05, 0.1) is 0 Å². The van der Waals surface area contributed by atoms with Gasteiger partial charge < -0.3 is 10.2 Å². The summed E-state index contributed by atoms with van der Waals surface area (Å²) in [6, 6.07) is 19.9. The smallest absolute Gasteiger partial charge is 0.270 e. The molecular formula is C22H24N4O. The lowest BCUT2D eigenvalue weighted by Crippen LogP contribution is -2.27. The summed E-state index contributed by atoms with van der Waals surface area (Å²) >= 11 is 0. The van der Waals surface area contributed by atoms with Crippen molar-refractivity contribution in [3.63, 3.8) is 0 Å². The molecule has 0 fully saturated rings. The molecule has 0 saturated carbocycles. The van der Waals surface area contributed by atoms with Crippen molar-refractivity contribution in [3.8, 4) is 0 Å². The van der Waals surface area contributed by atoms with Gasteiger partial charge in [0.15, 0.2) is 0 Å². The third-order valence-electron chi connectivity index (χ3n) is 4.29. The van der Waals surface area contributed by atoms with Gasteiger partial charge in [0, 0.05) is 25.0 Å². The number of aryl methyl sites for hydroxylation is 1. The summed E-state index contributed by atoms with van der Waals surface area (Å²) in [5, 5.41) is 2.93. The van der Waals surface area contributed by atoms with Crippen LogP contribution in [0.5, 0.6) is 0 Å². The second-order valence-corrected chi connectivity index (χ2v) is 6.32. The molecule has 27 heavy (non-hydrogen) atoms. The minimum atomic E-state index is -0.185. The van der Waals surface area contributed by atoms with Crippen LogP contribution >= 0.6 is 0 Å². The molecule has 1 aromatic heterocycles. The highest BCUT2D eigenvalue weighted by molar-refractivity contribution is 5.92. The number of aromatic nitrogens is 2. The number of rotatable bonds is 7. The monoisotopic (exact) mass is 360 g/mol. The minimum Gasteiger partial charge on any atom is -0.350 e. The van der Waals surface area contributed by atoms with Crippen molar-refractivity contribution in [1.82, 2.24) is 15.3 Å².